The molecule has 5 rings (SSSR count). The molecule has 4 aromatic rings. The third-order valence-corrected chi connectivity index (χ3v) is 8.26. The Balaban J connectivity index is 1.79. The van der Waals surface area contributed by atoms with Gasteiger partial charge in [-0.1, -0.05) is 79.3 Å². The Hall–Kier alpha value is -2.77. The third-order valence-electron chi connectivity index (χ3n) is 6.77. The number of ether oxygens (including phenoxy) is 1. The number of carbonyl (C=O) groups excluding carboxylic acids is 1. The van der Waals surface area contributed by atoms with E-state index in [1.807, 2.05) is 85.8 Å². The van der Waals surface area contributed by atoms with E-state index >= 15 is 0 Å². The second-order valence-corrected chi connectivity index (χ2v) is 12.1. The first-order valence-corrected chi connectivity index (χ1v) is 15.2. The van der Waals surface area contributed by atoms with E-state index in [1.165, 1.54) is 0 Å². The van der Waals surface area contributed by atoms with Gasteiger partial charge in [-0.15, -0.1) is 0 Å². The summed E-state index contributed by atoms with van der Waals surface area (Å²) >= 11 is 19.8. The average Bonchev–Trinajstić information content (AvgIpc) is 2.94. The monoisotopic (exact) mass is 698 g/mol. The van der Waals surface area contributed by atoms with Crippen LogP contribution in [0.15, 0.2) is 117 Å². The maximum Gasteiger partial charge on any atom is 0.338 e. The second kappa shape index (κ2) is 12.8. The lowest BCUT2D eigenvalue weighted by molar-refractivity contribution is -0.139. The molecule has 204 valence electrons. The zero-order valence-corrected chi connectivity index (χ0v) is 26.3. The summed E-state index contributed by atoms with van der Waals surface area (Å²) < 4.78 is 7.59. The summed E-state index contributed by atoms with van der Waals surface area (Å²) in [6.07, 6.45) is 0.528. The van der Waals surface area contributed by atoms with Gasteiger partial charge in [-0.25, -0.2) is 4.79 Å². The van der Waals surface area contributed by atoms with Crippen molar-refractivity contribution in [3.05, 3.63) is 138 Å². The molecule has 0 aromatic heterocycles. The molecule has 0 fully saturated rings. The van der Waals surface area contributed by atoms with Gasteiger partial charge in [0.05, 0.1) is 24.3 Å². The van der Waals surface area contributed by atoms with Crippen LogP contribution in [0.1, 0.15) is 36.6 Å². The van der Waals surface area contributed by atoms with E-state index in [4.69, 9.17) is 27.9 Å². The highest BCUT2D eigenvalue weighted by Gasteiger charge is 2.42. The Morgan fingerprint density at radius 3 is 2.05 bits per heavy atom. The Morgan fingerprint density at radius 1 is 0.875 bits per heavy atom. The highest BCUT2D eigenvalue weighted by Crippen LogP contribution is 2.48. The number of nitrogens with one attached hydrogen (secondary N) is 1. The molecule has 0 spiro atoms. The van der Waals surface area contributed by atoms with E-state index < -0.39 is 6.04 Å². The molecule has 4 aromatic carbocycles. The summed E-state index contributed by atoms with van der Waals surface area (Å²) in [7, 11) is 0. The van der Waals surface area contributed by atoms with E-state index in [0.717, 1.165) is 37.1 Å². The molecule has 1 N–H and O–H groups in total. The Morgan fingerprint density at radius 2 is 1.45 bits per heavy atom. The van der Waals surface area contributed by atoms with Crippen LogP contribution < -0.4 is 10.2 Å². The molecule has 40 heavy (non-hydrogen) atoms. The number of hydrogen-bond donors (Lipinski definition) is 1. The zero-order valence-electron chi connectivity index (χ0n) is 21.6. The molecule has 2 atom stereocenters. The number of esters is 1. The minimum Gasteiger partial charge on any atom is -0.463 e. The summed E-state index contributed by atoms with van der Waals surface area (Å²) in [5.41, 5.74) is 5.16. The molecule has 4 nitrogen and oxygen atoms in total. The van der Waals surface area contributed by atoms with Crippen LogP contribution in [0.2, 0.25) is 10.0 Å². The average molecular weight is 701 g/mol. The molecule has 0 saturated carbocycles. The molecular formula is C32H26Br2Cl2N2O2. The number of hydrogen-bond acceptors (Lipinski definition) is 4. The summed E-state index contributed by atoms with van der Waals surface area (Å²) in [6, 6.07) is 31.0. The van der Waals surface area contributed by atoms with E-state index in [-0.39, 0.29) is 18.6 Å². The van der Waals surface area contributed by atoms with Crippen LogP contribution in [-0.4, -0.2) is 12.6 Å². The van der Waals surface area contributed by atoms with Crippen molar-refractivity contribution in [2.24, 2.45) is 0 Å². The van der Waals surface area contributed by atoms with Crippen molar-refractivity contribution in [3.63, 3.8) is 0 Å². The fraction of sp³-hybridized carbons (Fsp3) is 0.156. The predicted molar refractivity (Wildman–Crippen MR) is 171 cm³/mol. The van der Waals surface area contributed by atoms with Crippen LogP contribution >= 0.6 is 55.1 Å². The van der Waals surface area contributed by atoms with Gasteiger partial charge in [0.25, 0.3) is 0 Å². The largest absolute Gasteiger partial charge is 0.463 e. The predicted octanol–water partition coefficient (Wildman–Crippen LogP) is 10.1. The topological polar surface area (TPSA) is 41.6 Å². The normalized spacial score (nSPS) is 17.1. The molecule has 2 unspecified atom stereocenters. The van der Waals surface area contributed by atoms with Crippen molar-refractivity contribution in [2.45, 2.75) is 25.4 Å². The van der Waals surface area contributed by atoms with E-state index in [2.05, 4.69) is 60.3 Å². The van der Waals surface area contributed by atoms with E-state index in [9.17, 15) is 4.79 Å². The molecule has 8 heteroatoms. The molecule has 1 aliphatic rings. The van der Waals surface area contributed by atoms with Gasteiger partial charge >= 0.3 is 5.97 Å². The Kier molecular flexibility index (Phi) is 9.21. The van der Waals surface area contributed by atoms with Crippen LogP contribution in [0.3, 0.4) is 0 Å². The van der Waals surface area contributed by atoms with Gasteiger partial charge < -0.3 is 15.0 Å². The first kappa shape index (κ1) is 28.7. The van der Waals surface area contributed by atoms with Crippen molar-refractivity contribution in [3.8, 4) is 0 Å². The van der Waals surface area contributed by atoms with Gasteiger partial charge in [0, 0.05) is 42.5 Å². The summed E-state index contributed by atoms with van der Waals surface area (Å²) in [6.45, 7) is 2.08. The SMILES string of the molecule is CCOC(=O)C1=C(Nc2ccc(Cl)cc2)CC(c2cccc(Br)c2)N(c2ccc(Cl)cc2)C1c1cccc(Br)c1. The molecule has 1 heterocycles. The van der Waals surface area contributed by atoms with Crippen LogP contribution in [0.4, 0.5) is 11.4 Å². The first-order valence-electron chi connectivity index (χ1n) is 12.8. The van der Waals surface area contributed by atoms with Crippen LogP contribution in [0.25, 0.3) is 0 Å². The standard InChI is InChI=1S/C32H26Br2Cl2N2O2/c1-2-40-32(39)30-28(37-26-13-9-24(35)10-14-26)19-29(20-5-3-7-22(33)17-20)38(27-15-11-25(36)12-16-27)31(30)21-6-4-8-23(34)18-21/h3-18,29,31,37H,2,19H2,1H3. The van der Waals surface area contributed by atoms with Crippen LogP contribution in [0, 0.1) is 0 Å². The minimum atomic E-state index is -0.467. The summed E-state index contributed by atoms with van der Waals surface area (Å²) in [4.78, 5) is 16.1. The smallest absolute Gasteiger partial charge is 0.338 e. The number of rotatable bonds is 7. The van der Waals surface area contributed by atoms with Crippen LogP contribution in [0.5, 0.6) is 0 Å². The highest BCUT2D eigenvalue weighted by molar-refractivity contribution is 9.10. The minimum absolute atomic E-state index is 0.129. The van der Waals surface area contributed by atoms with Crippen molar-refractivity contribution < 1.29 is 9.53 Å². The maximum atomic E-state index is 13.8. The van der Waals surface area contributed by atoms with Crippen molar-refractivity contribution in [2.75, 3.05) is 16.8 Å². The van der Waals surface area contributed by atoms with Crippen LogP contribution in [-0.2, 0) is 9.53 Å². The second-order valence-electron chi connectivity index (χ2n) is 9.36. The Labute approximate surface area is 261 Å². The first-order chi connectivity index (χ1) is 19.3. The maximum absolute atomic E-state index is 13.8. The summed E-state index contributed by atoms with van der Waals surface area (Å²) in [5.74, 6) is -0.365. The molecule has 0 aliphatic carbocycles. The van der Waals surface area contributed by atoms with Gasteiger partial charge in [0.1, 0.15) is 0 Å². The zero-order chi connectivity index (χ0) is 28.2. The number of benzene rings is 4. The molecule has 1 aliphatic heterocycles. The van der Waals surface area contributed by atoms with Crippen molar-refractivity contribution >= 4 is 72.4 Å². The van der Waals surface area contributed by atoms with Crippen molar-refractivity contribution in [1.29, 1.82) is 0 Å². The fourth-order valence-electron chi connectivity index (χ4n) is 5.09. The third kappa shape index (κ3) is 6.41. The molecule has 0 bridgehead atoms. The van der Waals surface area contributed by atoms with Gasteiger partial charge in [-0.3, -0.25) is 0 Å². The number of halogens is 4. The van der Waals surface area contributed by atoms with E-state index in [1.54, 1.807) is 0 Å². The Bertz CT molecular complexity index is 1540. The number of carbonyl (C=O) groups is 1. The number of nitrogens with zero attached hydrogens (tertiary/aromatic N) is 1. The molecular weight excluding hydrogens is 675 g/mol. The molecule has 0 amide bonds. The lowest BCUT2D eigenvalue weighted by atomic mass is 9.84. The van der Waals surface area contributed by atoms with E-state index in [0.29, 0.717) is 22.0 Å². The highest BCUT2D eigenvalue weighted by atomic mass is 79.9. The molecule has 0 radical (unpaired) electrons. The number of anilines is 2. The molecule has 0 saturated heterocycles. The van der Waals surface area contributed by atoms with Gasteiger partial charge in [0.2, 0.25) is 0 Å². The van der Waals surface area contributed by atoms with Gasteiger partial charge in [-0.05, 0) is 90.8 Å². The van der Waals surface area contributed by atoms with Gasteiger partial charge in [0.15, 0.2) is 0 Å². The summed E-state index contributed by atoms with van der Waals surface area (Å²) in [5, 5.41) is 4.84. The fourth-order valence-corrected chi connectivity index (χ4v) is 6.18. The lowest BCUT2D eigenvalue weighted by Gasteiger charge is -2.46. The quantitative estimate of drug-likeness (QED) is 0.195. The van der Waals surface area contributed by atoms with Crippen molar-refractivity contribution in [1.82, 2.24) is 0 Å². The lowest BCUT2D eigenvalue weighted by Crippen LogP contribution is -2.41. The van der Waals surface area contributed by atoms with Gasteiger partial charge in [-0.2, -0.15) is 0 Å².